The van der Waals surface area contributed by atoms with E-state index in [1.165, 1.54) is 0 Å². The van der Waals surface area contributed by atoms with E-state index in [9.17, 15) is 9.59 Å². The van der Waals surface area contributed by atoms with E-state index < -0.39 is 12.0 Å². The van der Waals surface area contributed by atoms with Crippen LogP contribution in [0.15, 0.2) is 23.1 Å². The maximum absolute atomic E-state index is 12.2. The average Bonchev–Trinajstić information content (AvgIpc) is 2.43. The zero-order valence-electron chi connectivity index (χ0n) is 12.1. The lowest BCUT2D eigenvalue weighted by atomic mass is 10.1. The molecule has 0 unspecified atom stereocenters. The molecule has 2 N–H and O–H groups in total. The summed E-state index contributed by atoms with van der Waals surface area (Å²) in [6.45, 7) is 3.84. The van der Waals surface area contributed by atoms with Gasteiger partial charge in [0.05, 0.1) is 0 Å². The number of thioether (sulfide) groups is 1. The summed E-state index contributed by atoms with van der Waals surface area (Å²) >= 11 is 1.55. The second-order valence-corrected chi connectivity index (χ2v) is 5.57. The van der Waals surface area contributed by atoms with Crippen molar-refractivity contribution in [3.8, 4) is 0 Å². The molecule has 0 radical (unpaired) electrons. The molecule has 1 aromatic rings. The van der Waals surface area contributed by atoms with Gasteiger partial charge in [-0.2, -0.15) is 0 Å². The van der Waals surface area contributed by atoms with E-state index in [0.29, 0.717) is 12.0 Å². The molecule has 0 fully saturated rings. The standard InChI is InChI=1S/C15H21NO3S/c1-4-5-6-13(15(18)19)16-14(17)12-9-11(20-3)8-7-10(12)2/h7-9,13H,4-6H2,1-3H3,(H,16,17)(H,18,19)/t13-/m0/s1. The van der Waals surface area contributed by atoms with Crippen molar-refractivity contribution in [1.29, 1.82) is 0 Å². The third-order valence-electron chi connectivity index (χ3n) is 3.14. The van der Waals surface area contributed by atoms with E-state index in [-0.39, 0.29) is 5.91 Å². The second-order valence-electron chi connectivity index (χ2n) is 4.69. The number of aliphatic carboxylic acids is 1. The highest BCUT2D eigenvalue weighted by Crippen LogP contribution is 2.19. The molecule has 0 aliphatic carbocycles. The van der Waals surface area contributed by atoms with Crippen molar-refractivity contribution < 1.29 is 14.7 Å². The molecule has 110 valence electrons. The lowest BCUT2D eigenvalue weighted by Crippen LogP contribution is -2.41. The minimum absolute atomic E-state index is 0.318. The smallest absolute Gasteiger partial charge is 0.326 e. The molecule has 1 aromatic carbocycles. The lowest BCUT2D eigenvalue weighted by molar-refractivity contribution is -0.139. The van der Waals surface area contributed by atoms with Crippen LogP contribution in [0.1, 0.15) is 42.1 Å². The van der Waals surface area contributed by atoms with Gasteiger partial charge >= 0.3 is 5.97 Å². The fraction of sp³-hybridized carbons (Fsp3) is 0.467. The molecule has 0 aliphatic rings. The third-order valence-corrected chi connectivity index (χ3v) is 3.86. The first kappa shape index (κ1) is 16.6. The second kappa shape index (κ2) is 7.94. The van der Waals surface area contributed by atoms with Crippen LogP contribution < -0.4 is 5.32 Å². The maximum Gasteiger partial charge on any atom is 0.326 e. The van der Waals surface area contributed by atoms with Crippen LogP contribution in [0.2, 0.25) is 0 Å². The first-order chi connectivity index (χ1) is 9.49. The maximum atomic E-state index is 12.2. The molecule has 0 aliphatic heterocycles. The number of rotatable bonds is 7. The molecule has 0 bridgehead atoms. The Labute approximate surface area is 124 Å². The number of nitrogens with one attached hydrogen (secondary N) is 1. The van der Waals surface area contributed by atoms with Gasteiger partial charge in [-0.1, -0.05) is 25.8 Å². The van der Waals surface area contributed by atoms with Crippen LogP contribution in [0, 0.1) is 6.92 Å². The summed E-state index contributed by atoms with van der Waals surface area (Å²) in [6, 6.07) is 4.80. The van der Waals surface area contributed by atoms with Gasteiger partial charge in [0.2, 0.25) is 0 Å². The van der Waals surface area contributed by atoms with Gasteiger partial charge < -0.3 is 10.4 Å². The van der Waals surface area contributed by atoms with Crippen molar-refractivity contribution in [1.82, 2.24) is 5.32 Å². The number of aryl methyl sites for hydroxylation is 1. The summed E-state index contributed by atoms with van der Waals surface area (Å²) in [6.07, 6.45) is 4.08. The molecule has 0 saturated carbocycles. The van der Waals surface area contributed by atoms with E-state index in [4.69, 9.17) is 5.11 Å². The minimum Gasteiger partial charge on any atom is -0.480 e. The largest absolute Gasteiger partial charge is 0.480 e. The van der Waals surface area contributed by atoms with Crippen molar-refractivity contribution in [2.45, 2.75) is 44.0 Å². The Kier molecular flexibility index (Phi) is 6.58. The van der Waals surface area contributed by atoms with Gasteiger partial charge in [0.15, 0.2) is 0 Å². The van der Waals surface area contributed by atoms with Crippen molar-refractivity contribution in [3.05, 3.63) is 29.3 Å². The Morgan fingerprint density at radius 1 is 1.40 bits per heavy atom. The van der Waals surface area contributed by atoms with Gasteiger partial charge in [0, 0.05) is 10.5 Å². The Morgan fingerprint density at radius 3 is 2.65 bits per heavy atom. The number of amides is 1. The fourth-order valence-corrected chi connectivity index (χ4v) is 2.31. The Balaban J connectivity index is 2.85. The SMILES string of the molecule is CCCC[C@H](NC(=O)c1cc(SC)ccc1C)C(=O)O. The van der Waals surface area contributed by atoms with Crippen LogP contribution >= 0.6 is 11.8 Å². The van der Waals surface area contributed by atoms with Crippen LogP contribution in [0.3, 0.4) is 0 Å². The monoisotopic (exact) mass is 295 g/mol. The zero-order chi connectivity index (χ0) is 15.1. The van der Waals surface area contributed by atoms with Gasteiger partial charge in [-0.25, -0.2) is 4.79 Å². The predicted molar refractivity (Wildman–Crippen MR) is 81.4 cm³/mol. The van der Waals surface area contributed by atoms with E-state index in [2.05, 4.69) is 5.32 Å². The van der Waals surface area contributed by atoms with Crippen molar-refractivity contribution >= 4 is 23.6 Å². The number of hydrogen-bond acceptors (Lipinski definition) is 3. The highest BCUT2D eigenvalue weighted by Gasteiger charge is 2.20. The van der Waals surface area contributed by atoms with Crippen LogP contribution in [-0.4, -0.2) is 29.3 Å². The van der Waals surface area contributed by atoms with E-state index in [1.807, 2.05) is 32.2 Å². The molecule has 0 saturated heterocycles. The van der Waals surface area contributed by atoms with Crippen LogP contribution in [0.25, 0.3) is 0 Å². The molecule has 0 aromatic heterocycles. The Morgan fingerprint density at radius 2 is 2.10 bits per heavy atom. The molecule has 0 spiro atoms. The number of carbonyl (C=O) groups is 2. The predicted octanol–water partition coefficient (Wildman–Crippen LogP) is 3.09. The number of unbranched alkanes of at least 4 members (excludes halogenated alkanes) is 1. The highest BCUT2D eigenvalue weighted by molar-refractivity contribution is 7.98. The van der Waals surface area contributed by atoms with Gasteiger partial charge in [-0.05, 0) is 37.3 Å². The topological polar surface area (TPSA) is 66.4 Å². The summed E-state index contributed by atoms with van der Waals surface area (Å²) < 4.78 is 0. The molecule has 5 heteroatoms. The summed E-state index contributed by atoms with van der Waals surface area (Å²) in [4.78, 5) is 24.4. The van der Waals surface area contributed by atoms with E-state index >= 15 is 0 Å². The molecule has 0 heterocycles. The van der Waals surface area contributed by atoms with Crippen LogP contribution in [-0.2, 0) is 4.79 Å². The molecule has 1 rings (SSSR count). The number of carboxylic acids is 1. The fourth-order valence-electron chi connectivity index (χ4n) is 1.87. The number of benzene rings is 1. The molecule has 4 nitrogen and oxygen atoms in total. The van der Waals surface area contributed by atoms with Gasteiger partial charge in [0.25, 0.3) is 5.91 Å². The summed E-state index contributed by atoms with van der Waals surface area (Å²) in [7, 11) is 0. The number of carbonyl (C=O) groups excluding carboxylic acids is 1. The molecule has 20 heavy (non-hydrogen) atoms. The molecule has 1 amide bonds. The number of hydrogen-bond donors (Lipinski definition) is 2. The quantitative estimate of drug-likeness (QED) is 0.759. The van der Waals surface area contributed by atoms with Crippen molar-refractivity contribution in [3.63, 3.8) is 0 Å². The first-order valence-corrected chi connectivity index (χ1v) is 7.90. The minimum atomic E-state index is -0.981. The Bertz CT molecular complexity index is 488. The summed E-state index contributed by atoms with van der Waals surface area (Å²) in [5.74, 6) is -1.30. The number of carboxylic acid groups (broad SMARTS) is 1. The molecular weight excluding hydrogens is 274 g/mol. The molecular formula is C15H21NO3S. The van der Waals surface area contributed by atoms with E-state index in [1.54, 1.807) is 17.8 Å². The van der Waals surface area contributed by atoms with E-state index in [0.717, 1.165) is 23.3 Å². The van der Waals surface area contributed by atoms with Crippen molar-refractivity contribution in [2.24, 2.45) is 0 Å². The average molecular weight is 295 g/mol. The van der Waals surface area contributed by atoms with Crippen LogP contribution in [0.5, 0.6) is 0 Å². The van der Waals surface area contributed by atoms with Gasteiger partial charge in [-0.15, -0.1) is 11.8 Å². The Hall–Kier alpha value is -1.49. The highest BCUT2D eigenvalue weighted by atomic mass is 32.2. The lowest BCUT2D eigenvalue weighted by Gasteiger charge is -2.15. The van der Waals surface area contributed by atoms with Gasteiger partial charge in [0.1, 0.15) is 6.04 Å². The molecule has 1 atom stereocenters. The van der Waals surface area contributed by atoms with Crippen molar-refractivity contribution in [2.75, 3.05) is 6.26 Å². The zero-order valence-corrected chi connectivity index (χ0v) is 12.9. The third kappa shape index (κ3) is 4.56. The first-order valence-electron chi connectivity index (χ1n) is 6.67. The van der Waals surface area contributed by atoms with Crippen LogP contribution in [0.4, 0.5) is 0 Å². The van der Waals surface area contributed by atoms with Gasteiger partial charge in [-0.3, -0.25) is 4.79 Å². The normalized spacial score (nSPS) is 11.9. The summed E-state index contributed by atoms with van der Waals surface area (Å²) in [5.41, 5.74) is 1.39. The summed E-state index contributed by atoms with van der Waals surface area (Å²) in [5, 5.41) is 11.8.